The molecule has 1 unspecified atom stereocenters. The van der Waals surface area contributed by atoms with Crippen LogP contribution in [0.2, 0.25) is 0 Å². The van der Waals surface area contributed by atoms with Gasteiger partial charge in [0, 0.05) is 13.2 Å². The molecule has 2 heterocycles. The van der Waals surface area contributed by atoms with Gasteiger partial charge in [0.05, 0.1) is 29.1 Å². The Kier molecular flexibility index (Phi) is 2.07. The van der Waals surface area contributed by atoms with Crippen molar-refractivity contribution in [2.45, 2.75) is 6.04 Å². The zero-order valence-electron chi connectivity index (χ0n) is 7.08. The smallest absolute Gasteiger partial charge is 0.0947 e. The van der Waals surface area contributed by atoms with E-state index in [-0.39, 0.29) is 6.04 Å². The monoisotopic (exact) mass is 195 g/mol. The maximum absolute atomic E-state index is 5.93. The molecule has 2 N–H and O–H groups in total. The van der Waals surface area contributed by atoms with E-state index in [0.717, 1.165) is 10.6 Å². The predicted molar refractivity (Wildman–Crippen MR) is 49.1 cm³/mol. The van der Waals surface area contributed by atoms with E-state index in [4.69, 9.17) is 5.73 Å². The summed E-state index contributed by atoms with van der Waals surface area (Å²) in [6, 6.07) is -0.207. The molecule has 1 atom stereocenters. The van der Waals surface area contributed by atoms with Crippen molar-refractivity contribution >= 4 is 11.5 Å². The molecule has 0 fully saturated rings. The Hall–Kier alpha value is -1.27. The SMILES string of the molecule is Cn1cnc(C(N)c2cnns2)c1. The number of nitrogens with zero attached hydrogens (tertiary/aromatic N) is 4. The summed E-state index contributed by atoms with van der Waals surface area (Å²) in [5.41, 5.74) is 6.77. The molecule has 0 saturated heterocycles. The number of hydrogen-bond donors (Lipinski definition) is 1. The minimum absolute atomic E-state index is 0.207. The lowest BCUT2D eigenvalue weighted by atomic mass is 10.2. The highest BCUT2D eigenvalue weighted by Gasteiger charge is 2.13. The minimum Gasteiger partial charge on any atom is -0.340 e. The van der Waals surface area contributed by atoms with Crippen LogP contribution < -0.4 is 5.73 Å². The highest BCUT2D eigenvalue weighted by Crippen LogP contribution is 2.18. The molecule has 0 aromatic carbocycles. The third-order valence-electron chi connectivity index (χ3n) is 1.73. The first-order valence-electron chi connectivity index (χ1n) is 3.78. The number of rotatable bonds is 2. The summed E-state index contributed by atoms with van der Waals surface area (Å²) in [6.07, 6.45) is 5.29. The number of aryl methyl sites for hydroxylation is 1. The maximum Gasteiger partial charge on any atom is 0.0947 e. The zero-order valence-corrected chi connectivity index (χ0v) is 7.90. The molecule has 0 radical (unpaired) electrons. The fourth-order valence-corrected chi connectivity index (χ4v) is 1.57. The molecule has 0 aliphatic rings. The molecule has 2 aromatic rings. The quantitative estimate of drug-likeness (QED) is 0.749. The van der Waals surface area contributed by atoms with Crippen LogP contribution in [-0.2, 0) is 7.05 Å². The molecule has 68 valence electrons. The number of nitrogens with two attached hydrogens (primary N) is 1. The van der Waals surface area contributed by atoms with Crippen molar-refractivity contribution in [1.82, 2.24) is 19.1 Å². The summed E-state index contributed by atoms with van der Waals surface area (Å²) in [5.74, 6) is 0. The first-order valence-corrected chi connectivity index (χ1v) is 4.55. The fraction of sp³-hybridized carbons (Fsp3) is 0.286. The maximum atomic E-state index is 5.93. The average molecular weight is 195 g/mol. The van der Waals surface area contributed by atoms with Gasteiger partial charge in [-0.2, -0.15) is 0 Å². The second-order valence-electron chi connectivity index (χ2n) is 2.76. The molecule has 6 heteroatoms. The van der Waals surface area contributed by atoms with E-state index in [1.54, 1.807) is 12.5 Å². The van der Waals surface area contributed by atoms with Crippen molar-refractivity contribution in [1.29, 1.82) is 0 Å². The Balaban J connectivity index is 2.28. The highest BCUT2D eigenvalue weighted by atomic mass is 32.1. The first kappa shape index (κ1) is 8.33. The van der Waals surface area contributed by atoms with Gasteiger partial charge in [0.1, 0.15) is 0 Å². The molecule has 2 rings (SSSR count). The van der Waals surface area contributed by atoms with Crippen molar-refractivity contribution in [3.8, 4) is 0 Å². The van der Waals surface area contributed by atoms with Gasteiger partial charge < -0.3 is 10.3 Å². The van der Waals surface area contributed by atoms with E-state index in [1.165, 1.54) is 11.5 Å². The molecular weight excluding hydrogens is 186 g/mol. The van der Waals surface area contributed by atoms with Crippen LogP contribution in [0.1, 0.15) is 16.6 Å². The summed E-state index contributed by atoms with van der Waals surface area (Å²) in [7, 11) is 1.91. The van der Waals surface area contributed by atoms with Gasteiger partial charge >= 0.3 is 0 Å². The second kappa shape index (κ2) is 3.23. The van der Waals surface area contributed by atoms with Crippen molar-refractivity contribution in [2.24, 2.45) is 12.8 Å². The van der Waals surface area contributed by atoms with Crippen molar-refractivity contribution in [2.75, 3.05) is 0 Å². The zero-order chi connectivity index (χ0) is 9.26. The van der Waals surface area contributed by atoms with Gasteiger partial charge in [-0.1, -0.05) is 4.49 Å². The lowest BCUT2D eigenvalue weighted by molar-refractivity contribution is 0.849. The predicted octanol–water partition coefficient (Wildman–Crippen LogP) is 0.320. The minimum atomic E-state index is -0.207. The highest BCUT2D eigenvalue weighted by molar-refractivity contribution is 7.05. The molecular formula is C7H9N5S. The molecule has 0 spiro atoms. The van der Waals surface area contributed by atoms with E-state index in [9.17, 15) is 0 Å². The van der Waals surface area contributed by atoms with Crippen LogP contribution in [-0.4, -0.2) is 19.1 Å². The summed E-state index contributed by atoms with van der Waals surface area (Å²) in [5, 5.41) is 3.73. The van der Waals surface area contributed by atoms with Gasteiger partial charge in [0.25, 0.3) is 0 Å². The summed E-state index contributed by atoms with van der Waals surface area (Å²) >= 11 is 1.30. The third kappa shape index (κ3) is 1.58. The van der Waals surface area contributed by atoms with Gasteiger partial charge in [-0.3, -0.25) is 0 Å². The van der Waals surface area contributed by atoms with Crippen molar-refractivity contribution in [3.63, 3.8) is 0 Å². The number of aromatic nitrogens is 4. The van der Waals surface area contributed by atoms with Gasteiger partial charge in [-0.15, -0.1) is 5.10 Å². The van der Waals surface area contributed by atoms with E-state index in [0.29, 0.717) is 0 Å². The fourth-order valence-electron chi connectivity index (χ4n) is 1.05. The lowest BCUT2D eigenvalue weighted by Gasteiger charge is -2.02. The van der Waals surface area contributed by atoms with Crippen LogP contribution in [0.3, 0.4) is 0 Å². The number of hydrogen-bond acceptors (Lipinski definition) is 5. The molecule has 0 amide bonds. The molecule has 2 aromatic heterocycles. The summed E-state index contributed by atoms with van der Waals surface area (Å²) in [6.45, 7) is 0. The van der Waals surface area contributed by atoms with E-state index < -0.39 is 0 Å². The third-order valence-corrected chi connectivity index (χ3v) is 2.47. The van der Waals surface area contributed by atoms with Crippen LogP contribution in [0.5, 0.6) is 0 Å². The van der Waals surface area contributed by atoms with Crippen molar-refractivity contribution in [3.05, 3.63) is 29.3 Å². The Labute approximate surface area is 79.4 Å². The molecule has 0 aliphatic carbocycles. The van der Waals surface area contributed by atoms with Crippen molar-refractivity contribution < 1.29 is 0 Å². The summed E-state index contributed by atoms with van der Waals surface area (Å²) < 4.78 is 5.62. The lowest BCUT2D eigenvalue weighted by Crippen LogP contribution is -2.10. The van der Waals surface area contributed by atoms with Crippen LogP contribution in [0.25, 0.3) is 0 Å². The second-order valence-corrected chi connectivity index (χ2v) is 3.58. The molecule has 0 bridgehead atoms. The molecule has 0 aliphatic heterocycles. The van der Waals surface area contributed by atoms with E-state index in [2.05, 4.69) is 14.6 Å². The Morgan fingerprint density at radius 3 is 3.00 bits per heavy atom. The largest absolute Gasteiger partial charge is 0.340 e. The molecule has 0 saturated carbocycles. The Bertz CT molecular complexity index is 379. The van der Waals surface area contributed by atoms with Gasteiger partial charge in [0.15, 0.2) is 0 Å². The van der Waals surface area contributed by atoms with E-state index in [1.807, 2.05) is 17.8 Å². The van der Waals surface area contributed by atoms with Gasteiger partial charge in [-0.25, -0.2) is 4.98 Å². The Morgan fingerprint density at radius 2 is 2.46 bits per heavy atom. The number of imidazole rings is 1. The average Bonchev–Trinajstić information content (AvgIpc) is 2.72. The van der Waals surface area contributed by atoms with Crippen LogP contribution in [0.15, 0.2) is 18.7 Å². The topological polar surface area (TPSA) is 69.6 Å². The molecule has 5 nitrogen and oxygen atoms in total. The normalized spacial score (nSPS) is 13.1. The van der Waals surface area contributed by atoms with Crippen LogP contribution >= 0.6 is 11.5 Å². The van der Waals surface area contributed by atoms with Gasteiger partial charge in [0.2, 0.25) is 0 Å². The summed E-state index contributed by atoms with van der Waals surface area (Å²) in [4.78, 5) is 5.09. The molecule has 13 heavy (non-hydrogen) atoms. The Morgan fingerprint density at radius 1 is 1.62 bits per heavy atom. The van der Waals surface area contributed by atoms with Crippen LogP contribution in [0.4, 0.5) is 0 Å². The van der Waals surface area contributed by atoms with Gasteiger partial charge in [-0.05, 0) is 11.5 Å². The van der Waals surface area contributed by atoms with Crippen LogP contribution in [0, 0.1) is 0 Å². The first-order chi connectivity index (χ1) is 6.27. The standard InChI is InChI=1S/C7H9N5S/c1-12-3-5(9-4-12)7(8)6-2-10-11-13-6/h2-4,7H,8H2,1H3. The van der Waals surface area contributed by atoms with E-state index >= 15 is 0 Å².